The Bertz CT molecular complexity index is 741. The van der Waals surface area contributed by atoms with Crippen molar-refractivity contribution in [1.82, 2.24) is 20.0 Å². The van der Waals surface area contributed by atoms with Gasteiger partial charge in [0.2, 0.25) is 5.91 Å². The van der Waals surface area contributed by atoms with E-state index in [0.717, 1.165) is 25.7 Å². The highest BCUT2D eigenvalue weighted by Gasteiger charge is 2.21. The van der Waals surface area contributed by atoms with E-state index in [0.29, 0.717) is 6.54 Å². The van der Waals surface area contributed by atoms with Gasteiger partial charge in [-0.2, -0.15) is 5.10 Å². The Morgan fingerprint density at radius 1 is 1.58 bits per heavy atom. The van der Waals surface area contributed by atoms with Crippen LogP contribution in [0.4, 0.5) is 5.69 Å². The number of amides is 1. The van der Waals surface area contributed by atoms with E-state index in [1.165, 1.54) is 21.3 Å². The average molecular weight is 349 g/mol. The van der Waals surface area contributed by atoms with Gasteiger partial charge >= 0.3 is 5.69 Å². The predicted octanol–water partition coefficient (Wildman–Crippen LogP) is 1.42. The lowest BCUT2D eigenvalue weighted by molar-refractivity contribution is -0.385. The Balaban J connectivity index is 1.46. The normalized spacial score (nSPS) is 15.7. The molecule has 0 spiro atoms. The van der Waals surface area contributed by atoms with Gasteiger partial charge in [-0.25, -0.2) is 0 Å². The van der Waals surface area contributed by atoms with Crippen molar-refractivity contribution >= 4 is 22.9 Å². The molecule has 0 aliphatic carbocycles. The molecule has 8 nitrogen and oxygen atoms in total. The largest absolute Gasteiger partial charge is 0.353 e. The molecule has 1 aliphatic rings. The van der Waals surface area contributed by atoms with E-state index in [9.17, 15) is 14.9 Å². The molecule has 0 radical (unpaired) electrons. The molecule has 24 heavy (non-hydrogen) atoms. The van der Waals surface area contributed by atoms with Crippen LogP contribution in [0.5, 0.6) is 0 Å². The summed E-state index contributed by atoms with van der Waals surface area (Å²) >= 11 is 1.81. The van der Waals surface area contributed by atoms with Crippen LogP contribution in [0.3, 0.4) is 0 Å². The molecule has 1 amide bonds. The molecule has 0 saturated carbocycles. The van der Waals surface area contributed by atoms with E-state index < -0.39 is 4.92 Å². The highest BCUT2D eigenvalue weighted by molar-refractivity contribution is 7.10. The van der Waals surface area contributed by atoms with Gasteiger partial charge in [-0.3, -0.25) is 24.5 Å². The highest BCUT2D eigenvalue weighted by Crippen LogP contribution is 2.24. The third-order valence-corrected chi connectivity index (χ3v) is 5.21. The SMILES string of the molecule is C[C@@H](CNC(=O)Cn1cc([N+](=O)[O-])cn1)N1CCc2sccc2C1. The van der Waals surface area contributed by atoms with Gasteiger partial charge in [0.25, 0.3) is 0 Å². The molecule has 2 aromatic rings. The molecule has 3 rings (SSSR count). The smallest absolute Gasteiger partial charge is 0.307 e. The summed E-state index contributed by atoms with van der Waals surface area (Å²) in [5.74, 6) is -0.201. The maximum absolute atomic E-state index is 12.0. The first kappa shape index (κ1) is 16.6. The van der Waals surface area contributed by atoms with Crippen LogP contribution in [-0.4, -0.2) is 44.6 Å². The van der Waals surface area contributed by atoms with E-state index in [2.05, 4.69) is 33.7 Å². The minimum atomic E-state index is -0.529. The van der Waals surface area contributed by atoms with Crippen molar-refractivity contribution < 1.29 is 9.72 Å². The van der Waals surface area contributed by atoms with Crippen LogP contribution < -0.4 is 5.32 Å². The Hall–Kier alpha value is -2.26. The molecule has 1 atom stereocenters. The van der Waals surface area contributed by atoms with E-state index in [-0.39, 0.29) is 24.2 Å². The van der Waals surface area contributed by atoms with E-state index in [1.807, 2.05) is 11.3 Å². The standard InChI is InChI=1S/C15H19N5O3S/c1-11(18-4-2-14-12(8-18)3-5-24-14)6-16-15(21)10-19-9-13(7-17-19)20(22)23/h3,5,7,9,11H,2,4,6,8,10H2,1H3,(H,16,21)/t11-/m0/s1. The first-order valence-corrected chi connectivity index (χ1v) is 8.63. The highest BCUT2D eigenvalue weighted by atomic mass is 32.1. The van der Waals surface area contributed by atoms with Gasteiger partial charge in [0, 0.05) is 30.6 Å². The van der Waals surface area contributed by atoms with Gasteiger partial charge in [-0.15, -0.1) is 11.3 Å². The number of fused-ring (bicyclic) bond motifs is 1. The lowest BCUT2D eigenvalue weighted by Gasteiger charge is -2.32. The molecule has 3 heterocycles. The van der Waals surface area contributed by atoms with Crippen molar-refractivity contribution in [3.05, 3.63) is 44.4 Å². The van der Waals surface area contributed by atoms with Crippen LogP contribution in [0.2, 0.25) is 0 Å². The molecule has 0 unspecified atom stereocenters. The summed E-state index contributed by atoms with van der Waals surface area (Å²) in [6, 6.07) is 2.40. The van der Waals surface area contributed by atoms with Crippen LogP contribution in [0.15, 0.2) is 23.8 Å². The summed E-state index contributed by atoms with van der Waals surface area (Å²) in [7, 11) is 0. The fourth-order valence-corrected chi connectivity index (χ4v) is 3.66. The van der Waals surface area contributed by atoms with E-state index in [1.54, 1.807) is 0 Å². The molecule has 128 valence electrons. The fraction of sp³-hybridized carbons (Fsp3) is 0.467. The Morgan fingerprint density at radius 3 is 3.17 bits per heavy atom. The maximum atomic E-state index is 12.0. The molecule has 0 fully saturated rings. The predicted molar refractivity (Wildman–Crippen MR) is 89.8 cm³/mol. The Kier molecular flexibility index (Phi) is 4.91. The third-order valence-electron chi connectivity index (χ3n) is 4.19. The van der Waals surface area contributed by atoms with E-state index >= 15 is 0 Å². The number of thiophene rings is 1. The summed E-state index contributed by atoms with van der Waals surface area (Å²) in [5, 5.41) is 19.4. The number of rotatable bonds is 6. The zero-order valence-corrected chi connectivity index (χ0v) is 14.2. The first-order valence-electron chi connectivity index (χ1n) is 7.76. The number of nitro groups is 1. The van der Waals surface area contributed by atoms with Crippen LogP contribution in [0.1, 0.15) is 17.4 Å². The fourth-order valence-electron chi connectivity index (χ4n) is 2.77. The van der Waals surface area contributed by atoms with Crippen molar-refractivity contribution in [2.75, 3.05) is 13.1 Å². The van der Waals surface area contributed by atoms with Gasteiger partial charge in [0.15, 0.2) is 0 Å². The summed E-state index contributed by atoms with van der Waals surface area (Å²) in [5.41, 5.74) is 1.27. The molecule has 9 heteroatoms. The van der Waals surface area contributed by atoms with Crippen molar-refractivity contribution in [1.29, 1.82) is 0 Å². The molecular formula is C15H19N5O3S. The van der Waals surface area contributed by atoms with Crippen molar-refractivity contribution in [2.45, 2.75) is 32.5 Å². The number of nitrogens with one attached hydrogen (secondary N) is 1. The van der Waals surface area contributed by atoms with Crippen molar-refractivity contribution in [3.63, 3.8) is 0 Å². The number of hydrogen-bond acceptors (Lipinski definition) is 6. The molecule has 1 aliphatic heterocycles. The number of aromatic nitrogens is 2. The second kappa shape index (κ2) is 7.10. The van der Waals surface area contributed by atoms with Crippen LogP contribution in [-0.2, 0) is 24.3 Å². The zero-order valence-electron chi connectivity index (χ0n) is 13.3. The van der Waals surface area contributed by atoms with Gasteiger partial charge < -0.3 is 5.32 Å². The molecule has 0 aromatic carbocycles. The molecule has 1 N–H and O–H groups in total. The van der Waals surface area contributed by atoms with E-state index in [4.69, 9.17) is 0 Å². The van der Waals surface area contributed by atoms with Crippen molar-refractivity contribution in [3.8, 4) is 0 Å². The molecular weight excluding hydrogens is 330 g/mol. The monoisotopic (exact) mass is 349 g/mol. The van der Waals surface area contributed by atoms with Crippen LogP contribution in [0, 0.1) is 10.1 Å². The Morgan fingerprint density at radius 2 is 2.42 bits per heavy atom. The van der Waals surface area contributed by atoms with Gasteiger partial charge in [0.05, 0.1) is 4.92 Å². The minimum Gasteiger partial charge on any atom is -0.353 e. The summed E-state index contributed by atoms with van der Waals surface area (Å²) in [4.78, 5) is 25.9. The molecule has 0 bridgehead atoms. The lowest BCUT2D eigenvalue weighted by atomic mass is 10.1. The minimum absolute atomic E-state index is 0.0186. The quantitative estimate of drug-likeness (QED) is 0.629. The second-order valence-corrected chi connectivity index (χ2v) is 6.90. The van der Waals surface area contributed by atoms with Crippen molar-refractivity contribution in [2.24, 2.45) is 0 Å². The van der Waals surface area contributed by atoms with Gasteiger partial charge in [-0.1, -0.05) is 0 Å². The topological polar surface area (TPSA) is 93.3 Å². The van der Waals surface area contributed by atoms with Gasteiger partial charge in [0.1, 0.15) is 18.9 Å². The number of carbonyl (C=O) groups is 1. The van der Waals surface area contributed by atoms with Gasteiger partial charge in [-0.05, 0) is 30.4 Å². The Labute approximate surface area is 143 Å². The second-order valence-electron chi connectivity index (χ2n) is 5.90. The molecule has 0 saturated heterocycles. The number of hydrogen-bond donors (Lipinski definition) is 1. The maximum Gasteiger partial charge on any atom is 0.307 e. The lowest BCUT2D eigenvalue weighted by Crippen LogP contribution is -2.44. The first-order chi connectivity index (χ1) is 11.5. The average Bonchev–Trinajstić information content (AvgIpc) is 3.20. The molecule has 2 aromatic heterocycles. The van der Waals surface area contributed by atoms with Crippen LogP contribution >= 0.6 is 11.3 Å². The van der Waals surface area contributed by atoms with Crippen LogP contribution in [0.25, 0.3) is 0 Å². The summed E-state index contributed by atoms with van der Waals surface area (Å²) in [6.07, 6.45) is 3.45. The number of nitrogens with zero attached hydrogens (tertiary/aromatic N) is 4. The summed E-state index contributed by atoms with van der Waals surface area (Å²) < 4.78 is 1.27. The number of carbonyl (C=O) groups excluding carboxylic acids is 1. The summed E-state index contributed by atoms with van der Waals surface area (Å²) in [6.45, 7) is 4.53. The zero-order chi connectivity index (χ0) is 17.1. The third kappa shape index (κ3) is 3.80.